The summed E-state index contributed by atoms with van der Waals surface area (Å²) in [5.74, 6) is -0.548. The topological polar surface area (TPSA) is 141 Å². The highest BCUT2D eigenvalue weighted by Crippen LogP contribution is 2.18. The van der Waals surface area contributed by atoms with Gasteiger partial charge in [0.15, 0.2) is 0 Å². The van der Waals surface area contributed by atoms with Crippen LogP contribution in [0.25, 0.3) is 0 Å². The van der Waals surface area contributed by atoms with E-state index >= 15 is 0 Å². The highest BCUT2D eigenvalue weighted by atomic mass is 32.2. The van der Waals surface area contributed by atoms with Crippen LogP contribution in [0.4, 0.5) is 5.69 Å². The third-order valence-corrected chi connectivity index (χ3v) is 6.02. The number of likely N-dealkylation sites (tertiary alicyclic amines) is 1. The van der Waals surface area contributed by atoms with E-state index in [0.29, 0.717) is 31.6 Å². The Bertz CT molecular complexity index is 1040. The molecular weight excluding hydrogens is 398 g/mol. The Labute approximate surface area is 167 Å². The van der Waals surface area contributed by atoms with E-state index < -0.39 is 10.0 Å². The fraction of sp³-hybridized carbons (Fsp3) is 0.333. The van der Waals surface area contributed by atoms with E-state index in [1.807, 2.05) is 0 Å². The van der Waals surface area contributed by atoms with Crippen LogP contribution in [-0.4, -0.2) is 54.5 Å². The lowest BCUT2D eigenvalue weighted by Gasteiger charge is -2.32. The van der Waals surface area contributed by atoms with Gasteiger partial charge < -0.3 is 10.2 Å². The predicted molar refractivity (Wildman–Crippen MR) is 105 cm³/mol. The number of anilines is 1. The number of rotatable bonds is 5. The molecule has 0 spiro atoms. The van der Waals surface area contributed by atoms with Crippen LogP contribution in [0.1, 0.15) is 30.3 Å². The summed E-state index contributed by atoms with van der Waals surface area (Å²) in [6.07, 6.45) is 0.913. The summed E-state index contributed by atoms with van der Waals surface area (Å²) in [7, 11) is -3.72. The third-order valence-electron chi connectivity index (χ3n) is 4.49. The number of aromatic nitrogens is 2. The van der Waals surface area contributed by atoms with Gasteiger partial charge in [0.05, 0.1) is 4.90 Å². The smallest absolute Gasteiger partial charge is 0.274 e. The quantitative estimate of drug-likeness (QED) is 0.637. The maximum Gasteiger partial charge on any atom is 0.274 e. The van der Waals surface area contributed by atoms with Crippen molar-refractivity contribution in [2.24, 2.45) is 0 Å². The number of hydrogen-bond donors (Lipinski definition) is 3. The molecule has 29 heavy (non-hydrogen) atoms. The molecule has 2 heterocycles. The number of sulfonamides is 1. The van der Waals surface area contributed by atoms with Crippen molar-refractivity contribution in [3.05, 3.63) is 52.4 Å². The molecule has 0 radical (unpaired) electrons. The van der Waals surface area contributed by atoms with Crippen LogP contribution in [0.2, 0.25) is 0 Å². The van der Waals surface area contributed by atoms with Gasteiger partial charge in [0.1, 0.15) is 5.69 Å². The molecule has 1 fully saturated rings. The number of piperidine rings is 1. The zero-order valence-electron chi connectivity index (χ0n) is 15.7. The van der Waals surface area contributed by atoms with Gasteiger partial charge in [-0.05, 0) is 43.2 Å². The normalized spacial score (nSPS) is 15.1. The number of hydrogen-bond acceptors (Lipinski definition) is 6. The summed E-state index contributed by atoms with van der Waals surface area (Å²) in [5.41, 5.74) is 0.266. The Morgan fingerprint density at radius 2 is 1.76 bits per heavy atom. The van der Waals surface area contributed by atoms with E-state index in [2.05, 4.69) is 20.2 Å². The van der Waals surface area contributed by atoms with Crippen LogP contribution in [0.15, 0.2) is 46.1 Å². The van der Waals surface area contributed by atoms with Gasteiger partial charge in [-0.25, -0.2) is 18.2 Å². The number of benzene rings is 1. The molecule has 1 aliphatic heterocycles. The third kappa shape index (κ3) is 5.27. The number of H-pyrrole nitrogens is 1. The first-order valence-corrected chi connectivity index (χ1v) is 10.5. The second-order valence-electron chi connectivity index (χ2n) is 6.70. The first-order valence-electron chi connectivity index (χ1n) is 8.99. The SMILES string of the molecule is CC(=O)Nc1ccc(S(=O)(=O)NC2CCN(C(=O)c3ccc(=O)[nH]n3)CC2)cc1. The molecule has 3 rings (SSSR count). The van der Waals surface area contributed by atoms with Crippen LogP contribution in [0.5, 0.6) is 0 Å². The summed E-state index contributed by atoms with van der Waals surface area (Å²) in [5, 5.41) is 8.53. The van der Waals surface area contributed by atoms with Gasteiger partial charge in [-0.3, -0.25) is 14.4 Å². The van der Waals surface area contributed by atoms with Crippen molar-refractivity contribution in [2.45, 2.75) is 30.7 Å². The van der Waals surface area contributed by atoms with Crippen molar-refractivity contribution in [2.75, 3.05) is 18.4 Å². The standard InChI is InChI=1S/C18H21N5O5S/c1-12(24)19-13-2-4-15(5-3-13)29(27,28)22-14-8-10-23(11-9-14)18(26)16-6-7-17(25)21-20-16/h2-7,14,22H,8-11H2,1H3,(H,19,24)(H,21,25). The summed E-state index contributed by atoms with van der Waals surface area (Å²) in [6, 6.07) is 8.19. The second kappa shape index (κ2) is 8.53. The Balaban J connectivity index is 1.58. The molecule has 1 aliphatic rings. The largest absolute Gasteiger partial charge is 0.337 e. The minimum absolute atomic E-state index is 0.0996. The molecule has 154 valence electrons. The molecule has 0 atom stereocenters. The van der Waals surface area contributed by atoms with Crippen molar-refractivity contribution >= 4 is 27.5 Å². The lowest BCUT2D eigenvalue weighted by atomic mass is 10.1. The molecule has 0 aliphatic carbocycles. The Hall–Kier alpha value is -3.05. The van der Waals surface area contributed by atoms with Crippen molar-refractivity contribution in [3.8, 4) is 0 Å². The monoisotopic (exact) mass is 419 g/mol. The lowest BCUT2D eigenvalue weighted by Crippen LogP contribution is -2.46. The molecule has 1 aromatic carbocycles. The Kier molecular flexibility index (Phi) is 6.09. The van der Waals surface area contributed by atoms with E-state index in [0.717, 1.165) is 0 Å². The average Bonchev–Trinajstić information content (AvgIpc) is 2.68. The number of nitrogens with one attached hydrogen (secondary N) is 3. The lowest BCUT2D eigenvalue weighted by molar-refractivity contribution is -0.114. The molecule has 2 amide bonds. The minimum atomic E-state index is -3.72. The maximum atomic E-state index is 12.6. The summed E-state index contributed by atoms with van der Waals surface area (Å²) < 4.78 is 27.8. The summed E-state index contributed by atoms with van der Waals surface area (Å²) in [4.78, 5) is 36.2. The molecule has 2 aromatic rings. The van der Waals surface area contributed by atoms with Crippen molar-refractivity contribution in [3.63, 3.8) is 0 Å². The molecule has 0 saturated carbocycles. The molecule has 1 saturated heterocycles. The van der Waals surface area contributed by atoms with Crippen molar-refractivity contribution < 1.29 is 18.0 Å². The number of nitrogens with zero attached hydrogens (tertiary/aromatic N) is 2. The van der Waals surface area contributed by atoms with Gasteiger partial charge in [-0.1, -0.05) is 0 Å². The fourth-order valence-electron chi connectivity index (χ4n) is 3.03. The zero-order valence-corrected chi connectivity index (χ0v) is 16.5. The first-order chi connectivity index (χ1) is 13.7. The predicted octanol–water partition coefficient (Wildman–Crippen LogP) is 0.311. The van der Waals surface area contributed by atoms with Crippen molar-refractivity contribution in [1.82, 2.24) is 19.8 Å². The Morgan fingerprint density at radius 3 is 2.31 bits per heavy atom. The fourth-order valence-corrected chi connectivity index (χ4v) is 4.34. The molecule has 0 unspecified atom stereocenters. The number of amides is 2. The van der Waals surface area contributed by atoms with E-state index in [1.165, 1.54) is 43.3 Å². The van der Waals surface area contributed by atoms with E-state index in [4.69, 9.17) is 0 Å². The van der Waals surface area contributed by atoms with Crippen LogP contribution in [0.3, 0.4) is 0 Å². The molecule has 1 aromatic heterocycles. The first kappa shape index (κ1) is 20.7. The van der Waals surface area contributed by atoms with Crippen LogP contribution < -0.4 is 15.6 Å². The van der Waals surface area contributed by atoms with Crippen LogP contribution in [0, 0.1) is 0 Å². The van der Waals surface area contributed by atoms with Crippen molar-refractivity contribution in [1.29, 1.82) is 0 Å². The summed E-state index contributed by atoms with van der Waals surface area (Å²) in [6.45, 7) is 2.11. The van der Waals surface area contributed by atoms with E-state index in [-0.39, 0.29) is 34.0 Å². The maximum absolute atomic E-state index is 12.6. The number of aromatic amines is 1. The van der Waals surface area contributed by atoms with Crippen LogP contribution >= 0.6 is 0 Å². The van der Waals surface area contributed by atoms with E-state index in [1.54, 1.807) is 4.90 Å². The van der Waals surface area contributed by atoms with Gasteiger partial charge in [0.2, 0.25) is 15.9 Å². The highest BCUT2D eigenvalue weighted by molar-refractivity contribution is 7.89. The van der Waals surface area contributed by atoms with E-state index in [9.17, 15) is 22.8 Å². The Morgan fingerprint density at radius 1 is 1.10 bits per heavy atom. The molecule has 3 N–H and O–H groups in total. The molecular formula is C18H21N5O5S. The number of carbonyl (C=O) groups is 2. The zero-order chi connectivity index (χ0) is 21.0. The van der Waals surface area contributed by atoms with Gasteiger partial charge in [0.25, 0.3) is 11.5 Å². The highest BCUT2D eigenvalue weighted by Gasteiger charge is 2.27. The number of carbonyl (C=O) groups excluding carboxylic acids is 2. The minimum Gasteiger partial charge on any atom is -0.337 e. The average molecular weight is 419 g/mol. The van der Waals surface area contributed by atoms with Gasteiger partial charge in [0, 0.05) is 37.8 Å². The van der Waals surface area contributed by atoms with Gasteiger partial charge in [-0.15, -0.1) is 0 Å². The van der Waals surface area contributed by atoms with Crippen LogP contribution in [-0.2, 0) is 14.8 Å². The second-order valence-corrected chi connectivity index (χ2v) is 8.41. The van der Waals surface area contributed by atoms with Gasteiger partial charge >= 0.3 is 0 Å². The molecule has 0 bridgehead atoms. The molecule has 11 heteroatoms. The van der Waals surface area contributed by atoms with Gasteiger partial charge in [-0.2, -0.15) is 5.10 Å². The summed E-state index contributed by atoms with van der Waals surface area (Å²) >= 11 is 0. The molecule has 10 nitrogen and oxygen atoms in total.